The van der Waals surface area contributed by atoms with Gasteiger partial charge < -0.3 is 0 Å². The molecule has 2 aromatic heterocycles. The first kappa shape index (κ1) is 29.4. The fraction of sp³-hybridized carbons (Fsp3) is 0. The maximum atomic E-state index is 5.32. The van der Waals surface area contributed by atoms with Crippen molar-refractivity contribution in [2.75, 3.05) is 0 Å². The summed E-state index contributed by atoms with van der Waals surface area (Å²) < 4.78 is 0. The highest BCUT2D eigenvalue weighted by Gasteiger charge is 2.16. The standard InChI is InChI=1S/C47H31N3/c1-4-13-32(14-5-1)33-23-25-34(26-24-33)38-29-39(44-22-12-21-43(48-44)36-16-6-2-7-17-36)31-40(30-38)47-49-45(37-18-8-3-9-19-37)42-28-27-35-15-10-11-20-41(35)46(42)50-47/h1-31H. The van der Waals surface area contributed by atoms with Gasteiger partial charge in [-0.3, -0.25) is 0 Å². The van der Waals surface area contributed by atoms with Crippen LogP contribution in [0.3, 0.4) is 0 Å². The Morgan fingerprint density at radius 3 is 1.54 bits per heavy atom. The molecule has 50 heavy (non-hydrogen) atoms. The van der Waals surface area contributed by atoms with Gasteiger partial charge in [0, 0.05) is 33.0 Å². The quantitative estimate of drug-likeness (QED) is 0.170. The summed E-state index contributed by atoms with van der Waals surface area (Å²) in [5, 5.41) is 3.29. The fourth-order valence-corrected chi connectivity index (χ4v) is 6.73. The van der Waals surface area contributed by atoms with Crippen molar-refractivity contribution in [2.45, 2.75) is 0 Å². The van der Waals surface area contributed by atoms with E-state index in [4.69, 9.17) is 15.0 Å². The lowest BCUT2D eigenvalue weighted by molar-refractivity contribution is 1.23. The molecule has 9 rings (SSSR count). The SMILES string of the molecule is c1ccc(-c2ccc(-c3cc(-c4cccc(-c5ccccc5)n4)cc(-c4nc(-c5ccccc5)c5ccc6ccccc6c5n4)c3)cc2)cc1. The lowest BCUT2D eigenvalue weighted by atomic mass is 9.95. The molecule has 2 heterocycles. The van der Waals surface area contributed by atoms with Gasteiger partial charge in [-0.15, -0.1) is 0 Å². The largest absolute Gasteiger partial charge is 0.248 e. The van der Waals surface area contributed by atoms with Crippen LogP contribution in [0.1, 0.15) is 0 Å². The summed E-state index contributed by atoms with van der Waals surface area (Å²) in [6.45, 7) is 0. The van der Waals surface area contributed by atoms with Gasteiger partial charge in [0.15, 0.2) is 5.82 Å². The van der Waals surface area contributed by atoms with Crippen LogP contribution in [-0.2, 0) is 0 Å². The molecule has 3 nitrogen and oxygen atoms in total. The van der Waals surface area contributed by atoms with Gasteiger partial charge in [0.2, 0.25) is 0 Å². The van der Waals surface area contributed by atoms with Gasteiger partial charge in [0.1, 0.15) is 0 Å². The average Bonchev–Trinajstić information content (AvgIpc) is 3.21. The normalized spacial score (nSPS) is 11.2. The molecule has 0 aliphatic rings. The minimum Gasteiger partial charge on any atom is -0.248 e. The monoisotopic (exact) mass is 637 g/mol. The number of benzene rings is 7. The first-order valence-electron chi connectivity index (χ1n) is 16.9. The Morgan fingerprint density at radius 1 is 0.280 bits per heavy atom. The second kappa shape index (κ2) is 12.7. The van der Waals surface area contributed by atoms with Crippen molar-refractivity contribution < 1.29 is 0 Å². The zero-order valence-electron chi connectivity index (χ0n) is 27.2. The van der Waals surface area contributed by atoms with Gasteiger partial charge in [-0.2, -0.15) is 0 Å². The molecule has 0 fully saturated rings. The Labute approximate surface area is 291 Å². The zero-order chi connectivity index (χ0) is 33.3. The molecular formula is C47H31N3. The molecule has 0 radical (unpaired) electrons. The number of hydrogen-bond acceptors (Lipinski definition) is 3. The minimum atomic E-state index is 0.677. The van der Waals surface area contributed by atoms with E-state index in [1.165, 1.54) is 11.1 Å². The van der Waals surface area contributed by atoms with Gasteiger partial charge in [-0.1, -0.05) is 152 Å². The van der Waals surface area contributed by atoms with Gasteiger partial charge in [0.25, 0.3) is 0 Å². The summed E-state index contributed by atoms with van der Waals surface area (Å²) in [4.78, 5) is 15.8. The van der Waals surface area contributed by atoms with Crippen LogP contribution in [0.25, 0.3) is 89.1 Å². The summed E-state index contributed by atoms with van der Waals surface area (Å²) in [6.07, 6.45) is 0. The summed E-state index contributed by atoms with van der Waals surface area (Å²) >= 11 is 0. The van der Waals surface area contributed by atoms with E-state index < -0.39 is 0 Å². The summed E-state index contributed by atoms with van der Waals surface area (Å²) in [7, 11) is 0. The maximum absolute atomic E-state index is 5.32. The molecular weight excluding hydrogens is 607 g/mol. The fourth-order valence-electron chi connectivity index (χ4n) is 6.73. The van der Waals surface area contributed by atoms with Gasteiger partial charge in [-0.25, -0.2) is 15.0 Å². The number of fused-ring (bicyclic) bond motifs is 3. The van der Waals surface area contributed by atoms with Gasteiger partial charge >= 0.3 is 0 Å². The Morgan fingerprint density at radius 2 is 0.820 bits per heavy atom. The number of hydrogen-bond donors (Lipinski definition) is 0. The lowest BCUT2D eigenvalue weighted by Gasteiger charge is -2.14. The van der Waals surface area contributed by atoms with E-state index in [0.29, 0.717) is 5.82 Å². The van der Waals surface area contributed by atoms with E-state index >= 15 is 0 Å². The Balaban J connectivity index is 1.26. The van der Waals surface area contributed by atoms with Crippen LogP contribution in [0.15, 0.2) is 188 Å². The molecule has 7 aromatic carbocycles. The lowest BCUT2D eigenvalue weighted by Crippen LogP contribution is -1.97. The van der Waals surface area contributed by atoms with Crippen LogP contribution >= 0.6 is 0 Å². The number of aromatic nitrogens is 3. The van der Waals surface area contributed by atoms with Crippen LogP contribution in [0.4, 0.5) is 0 Å². The van der Waals surface area contributed by atoms with E-state index in [1.807, 2.05) is 30.3 Å². The van der Waals surface area contributed by atoms with E-state index in [2.05, 4.69) is 158 Å². The summed E-state index contributed by atoms with van der Waals surface area (Å²) in [5.74, 6) is 0.677. The van der Waals surface area contributed by atoms with Crippen molar-refractivity contribution in [1.82, 2.24) is 15.0 Å². The average molecular weight is 638 g/mol. The maximum Gasteiger partial charge on any atom is 0.160 e. The Hall–Kier alpha value is -6.71. The minimum absolute atomic E-state index is 0.677. The molecule has 0 aliphatic carbocycles. The van der Waals surface area contributed by atoms with Gasteiger partial charge in [0.05, 0.1) is 22.6 Å². The molecule has 0 N–H and O–H groups in total. The van der Waals surface area contributed by atoms with Crippen molar-refractivity contribution in [3.63, 3.8) is 0 Å². The van der Waals surface area contributed by atoms with Crippen molar-refractivity contribution in [2.24, 2.45) is 0 Å². The molecule has 0 atom stereocenters. The summed E-state index contributed by atoms with van der Waals surface area (Å²) in [5.41, 5.74) is 12.3. The van der Waals surface area contributed by atoms with Crippen LogP contribution in [0, 0.1) is 0 Å². The molecule has 0 saturated heterocycles. The first-order chi connectivity index (χ1) is 24.8. The molecule has 0 unspecified atom stereocenters. The van der Waals surface area contributed by atoms with Gasteiger partial charge in [-0.05, 0) is 64.0 Å². The molecule has 0 amide bonds. The number of rotatable bonds is 6. The third-order valence-corrected chi connectivity index (χ3v) is 9.27. The third kappa shape index (κ3) is 5.61. The van der Waals surface area contributed by atoms with Crippen LogP contribution in [-0.4, -0.2) is 15.0 Å². The third-order valence-electron chi connectivity index (χ3n) is 9.27. The van der Waals surface area contributed by atoms with Crippen LogP contribution in [0.2, 0.25) is 0 Å². The molecule has 0 saturated carbocycles. The predicted molar refractivity (Wildman–Crippen MR) is 207 cm³/mol. The number of nitrogens with zero attached hydrogens (tertiary/aromatic N) is 3. The van der Waals surface area contributed by atoms with Crippen LogP contribution < -0.4 is 0 Å². The second-order valence-electron chi connectivity index (χ2n) is 12.5. The van der Waals surface area contributed by atoms with Crippen molar-refractivity contribution >= 4 is 21.7 Å². The van der Waals surface area contributed by atoms with Crippen molar-refractivity contribution in [3.05, 3.63) is 188 Å². The topological polar surface area (TPSA) is 38.7 Å². The van der Waals surface area contributed by atoms with Crippen molar-refractivity contribution in [1.29, 1.82) is 0 Å². The highest BCUT2D eigenvalue weighted by atomic mass is 14.9. The zero-order valence-corrected chi connectivity index (χ0v) is 27.2. The molecule has 0 aliphatic heterocycles. The number of pyridine rings is 1. The van der Waals surface area contributed by atoms with Crippen molar-refractivity contribution in [3.8, 4) is 67.4 Å². The Kier molecular flexibility index (Phi) is 7.49. The molecule has 3 heteroatoms. The predicted octanol–water partition coefficient (Wildman–Crippen LogP) is 12.2. The Bertz CT molecular complexity index is 2610. The van der Waals surface area contributed by atoms with E-state index in [0.717, 1.165) is 72.1 Å². The summed E-state index contributed by atoms with van der Waals surface area (Å²) in [6, 6.07) is 65.6. The molecule has 9 aromatic rings. The van der Waals surface area contributed by atoms with E-state index in [-0.39, 0.29) is 0 Å². The molecule has 234 valence electrons. The highest BCUT2D eigenvalue weighted by Crippen LogP contribution is 2.37. The first-order valence-corrected chi connectivity index (χ1v) is 16.9. The second-order valence-corrected chi connectivity index (χ2v) is 12.5. The molecule has 0 bridgehead atoms. The van der Waals surface area contributed by atoms with Crippen LogP contribution in [0.5, 0.6) is 0 Å². The highest BCUT2D eigenvalue weighted by molar-refractivity contribution is 6.09. The van der Waals surface area contributed by atoms with E-state index in [1.54, 1.807) is 0 Å². The van der Waals surface area contributed by atoms with E-state index in [9.17, 15) is 0 Å². The smallest absolute Gasteiger partial charge is 0.160 e. The molecule has 0 spiro atoms.